The minimum atomic E-state index is -0.827. The second kappa shape index (κ2) is 6.76. The summed E-state index contributed by atoms with van der Waals surface area (Å²) in [5.41, 5.74) is 2.63. The van der Waals surface area contributed by atoms with Gasteiger partial charge in [0, 0.05) is 5.69 Å². The number of amides is 2. The van der Waals surface area contributed by atoms with Crippen molar-refractivity contribution in [3.05, 3.63) is 53.6 Å². The predicted molar refractivity (Wildman–Crippen MR) is 85.9 cm³/mol. The predicted octanol–water partition coefficient (Wildman–Crippen LogP) is 2.84. The molecule has 0 aliphatic carbocycles. The molecule has 22 heavy (non-hydrogen) atoms. The van der Waals surface area contributed by atoms with E-state index in [1.807, 2.05) is 26.0 Å². The standard InChI is InChI=1S/C17H18N2O3/c1-3-12-6-4-5-7-13(12)18-16(21)17(22)19-14-10-11(2)8-9-15(14)20/h4-10,20H,3H2,1-2H3,(H,18,21)(H,19,22). The van der Waals surface area contributed by atoms with Crippen LogP contribution in [0.1, 0.15) is 18.1 Å². The smallest absolute Gasteiger partial charge is 0.314 e. The molecule has 0 unspecified atom stereocenters. The van der Waals surface area contributed by atoms with Crippen LogP contribution in [0.25, 0.3) is 0 Å². The Labute approximate surface area is 129 Å². The van der Waals surface area contributed by atoms with Crippen LogP contribution >= 0.6 is 0 Å². The fourth-order valence-electron chi connectivity index (χ4n) is 2.06. The van der Waals surface area contributed by atoms with Gasteiger partial charge in [0.15, 0.2) is 0 Å². The van der Waals surface area contributed by atoms with Crippen molar-refractivity contribution >= 4 is 23.2 Å². The lowest BCUT2D eigenvalue weighted by molar-refractivity contribution is -0.133. The van der Waals surface area contributed by atoms with Crippen molar-refractivity contribution in [2.45, 2.75) is 20.3 Å². The summed E-state index contributed by atoms with van der Waals surface area (Å²) >= 11 is 0. The van der Waals surface area contributed by atoms with Gasteiger partial charge in [-0.3, -0.25) is 9.59 Å². The van der Waals surface area contributed by atoms with Gasteiger partial charge in [-0.25, -0.2) is 0 Å². The number of phenolic OH excluding ortho intramolecular Hbond substituents is 1. The van der Waals surface area contributed by atoms with Crippen molar-refractivity contribution in [2.75, 3.05) is 10.6 Å². The molecule has 114 valence electrons. The van der Waals surface area contributed by atoms with E-state index in [1.165, 1.54) is 6.07 Å². The highest BCUT2D eigenvalue weighted by atomic mass is 16.3. The monoisotopic (exact) mass is 298 g/mol. The molecule has 3 N–H and O–H groups in total. The first-order valence-corrected chi connectivity index (χ1v) is 7.01. The normalized spacial score (nSPS) is 10.1. The topological polar surface area (TPSA) is 78.4 Å². The fraction of sp³-hybridized carbons (Fsp3) is 0.176. The Morgan fingerprint density at radius 1 is 1.00 bits per heavy atom. The van der Waals surface area contributed by atoms with Gasteiger partial charge in [-0.05, 0) is 42.7 Å². The van der Waals surface area contributed by atoms with Crippen LogP contribution in [-0.2, 0) is 16.0 Å². The minimum Gasteiger partial charge on any atom is -0.506 e. The molecule has 0 aliphatic rings. The van der Waals surface area contributed by atoms with E-state index in [1.54, 1.807) is 24.3 Å². The van der Waals surface area contributed by atoms with Crippen LogP contribution in [0.5, 0.6) is 5.75 Å². The van der Waals surface area contributed by atoms with Crippen LogP contribution in [0, 0.1) is 6.92 Å². The van der Waals surface area contributed by atoms with Crippen molar-refractivity contribution in [1.82, 2.24) is 0 Å². The van der Waals surface area contributed by atoms with E-state index in [0.717, 1.165) is 17.5 Å². The lowest BCUT2D eigenvalue weighted by Crippen LogP contribution is -2.29. The molecular weight excluding hydrogens is 280 g/mol. The molecule has 0 radical (unpaired) electrons. The minimum absolute atomic E-state index is 0.0827. The molecule has 0 heterocycles. The lowest BCUT2D eigenvalue weighted by atomic mass is 10.1. The summed E-state index contributed by atoms with van der Waals surface area (Å²) in [5, 5.41) is 14.7. The Balaban J connectivity index is 2.09. The summed E-state index contributed by atoms with van der Waals surface area (Å²) < 4.78 is 0. The Morgan fingerprint density at radius 3 is 2.32 bits per heavy atom. The van der Waals surface area contributed by atoms with E-state index in [4.69, 9.17) is 0 Å². The second-order valence-corrected chi connectivity index (χ2v) is 4.94. The van der Waals surface area contributed by atoms with Gasteiger partial charge in [0.2, 0.25) is 0 Å². The molecule has 0 spiro atoms. The lowest BCUT2D eigenvalue weighted by Gasteiger charge is -2.11. The molecule has 0 aromatic heterocycles. The van der Waals surface area contributed by atoms with Gasteiger partial charge in [0.05, 0.1) is 5.69 Å². The van der Waals surface area contributed by atoms with Gasteiger partial charge >= 0.3 is 11.8 Å². The zero-order chi connectivity index (χ0) is 16.1. The van der Waals surface area contributed by atoms with Gasteiger partial charge in [-0.15, -0.1) is 0 Å². The summed E-state index contributed by atoms with van der Waals surface area (Å²) in [6, 6.07) is 12.1. The number of para-hydroxylation sites is 1. The highest BCUT2D eigenvalue weighted by Gasteiger charge is 2.16. The molecule has 5 nitrogen and oxygen atoms in total. The first-order valence-electron chi connectivity index (χ1n) is 7.01. The summed E-state index contributed by atoms with van der Waals surface area (Å²) in [6.45, 7) is 3.79. The Bertz CT molecular complexity index is 711. The summed E-state index contributed by atoms with van der Waals surface area (Å²) in [7, 11) is 0. The van der Waals surface area contributed by atoms with Crippen LogP contribution in [-0.4, -0.2) is 16.9 Å². The van der Waals surface area contributed by atoms with E-state index in [2.05, 4.69) is 10.6 Å². The molecule has 2 aromatic carbocycles. The molecule has 2 aromatic rings. The molecule has 2 amide bonds. The van der Waals surface area contributed by atoms with E-state index in [0.29, 0.717) is 5.69 Å². The van der Waals surface area contributed by atoms with Gasteiger partial charge in [-0.2, -0.15) is 0 Å². The van der Waals surface area contributed by atoms with E-state index in [9.17, 15) is 14.7 Å². The van der Waals surface area contributed by atoms with Gasteiger partial charge in [-0.1, -0.05) is 31.2 Å². The van der Waals surface area contributed by atoms with Crippen molar-refractivity contribution in [1.29, 1.82) is 0 Å². The van der Waals surface area contributed by atoms with Crippen molar-refractivity contribution < 1.29 is 14.7 Å². The molecule has 0 aliphatic heterocycles. The molecule has 0 fully saturated rings. The largest absolute Gasteiger partial charge is 0.506 e. The van der Waals surface area contributed by atoms with Crippen LogP contribution in [0.2, 0.25) is 0 Å². The number of aryl methyl sites for hydroxylation is 2. The second-order valence-electron chi connectivity index (χ2n) is 4.94. The van der Waals surface area contributed by atoms with Crippen LogP contribution in [0.15, 0.2) is 42.5 Å². The number of phenols is 1. The molecule has 0 saturated carbocycles. The van der Waals surface area contributed by atoms with Crippen molar-refractivity contribution in [3.8, 4) is 5.75 Å². The van der Waals surface area contributed by atoms with Crippen LogP contribution in [0.4, 0.5) is 11.4 Å². The average molecular weight is 298 g/mol. The number of rotatable bonds is 3. The van der Waals surface area contributed by atoms with Crippen molar-refractivity contribution in [3.63, 3.8) is 0 Å². The number of benzene rings is 2. The zero-order valence-corrected chi connectivity index (χ0v) is 12.5. The third-order valence-electron chi connectivity index (χ3n) is 3.25. The molecule has 5 heteroatoms. The third-order valence-corrected chi connectivity index (χ3v) is 3.25. The highest BCUT2D eigenvalue weighted by Crippen LogP contribution is 2.24. The average Bonchev–Trinajstić information content (AvgIpc) is 2.51. The Morgan fingerprint density at radius 2 is 1.64 bits per heavy atom. The molecular formula is C17H18N2O3. The maximum absolute atomic E-state index is 12.0. The highest BCUT2D eigenvalue weighted by molar-refractivity contribution is 6.43. The Hall–Kier alpha value is -2.82. The van der Waals surface area contributed by atoms with Crippen LogP contribution in [0.3, 0.4) is 0 Å². The number of aromatic hydroxyl groups is 1. The fourth-order valence-corrected chi connectivity index (χ4v) is 2.06. The van der Waals surface area contributed by atoms with Gasteiger partial charge < -0.3 is 15.7 Å². The molecule has 0 atom stereocenters. The molecule has 2 rings (SSSR count). The van der Waals surface area contributed by atoms with E-state index in [-0.39, 0.29) is 11.4 Å². The number of hydrogen-bond donors (Lipinski definition) is 3. The first-order chi connectivity index (χ1) is 10.5. The number of nitrogens with one attached hydrogen (secondary N) is 2. The maximum atomic E-state index is 12.0. The third kappa shape index (κ3) is 3.63. The quantitative estimate of drug-likeness (QED) is 0.602. The number of hydrogen-bond acceptors (Lipinski definition) is 3. The van der Waals surface area contributed by atoms with Crippen LogP contribution < -0.4 is 10.6 Å². The summed E-state index contributed by atoms with van der Waals surface area (Å²) in [4.78, 5) is 23.9. The van der Waals surface area contributed by atoms with Gasteiger partial charge in [0.25, 0.3) is 0 Å². The summed E-state index contributed by atoms with van der Waals surface area (Å²) in [6.07, 6.45) is 0.747. The van der Waals surface area contributed by atoms with Crippen molar-refractivity contribution in [2.24, 2.45) is 0 Å². The molecule has 0 bridgehead atoms. The number of carbonyl (C=O) groups is 2. The number of anilines is 2. The van der Waals surface area contributed by atoms with E-state index >= 15 is 0 Å². The number of carbonyl (C=O) groups excluding carboxylic acids is 2. The summed E-state index contributed by atoms with van der Waals surface area (Å²) in [5.74, 6) is -1.69. The maximum Gasteiger partial charge on any atom is 0.314 e. The first kappa shape index (κ1) is 15.6. The zero-order valence-electron chi connectivity index (χ0n) is 12.5. The SMILES string of the molecule is CCc1ccccc1NC(=O)C(=O)Nc1cc(C)ccc1O. The van der Waals surface area contributed by atoms with Gasteiger partial charge in [0.1, 0.15) is 5.75 Å². The molecule has 0 saturated heterocycles. The Kier molecular flexibility index (Phi) is 4.78. The van der Waals surface area contributed by atoms with E-state index < -0.39 is 11.8 Å².